The van der Waals surface area contributed by atoms with E-state index in [1.165, 1.54) is 4.90 Å². The Balaban J connectivity index is 1.69. The molecule has 2 saturated heterocycles. The number of rotatable bonds is 6. The second-order valence-corrected chi connectivity index (χ2v) is 10.3. The first-order valence-electron chi connectivity index (χ1n) is 12.8. The van der Waals surface area contributed by atoms with E-state index in [0.29, 0.717) is 12.2 Å². The second-order valence-electron chi connectivity index (χ2n) is 10.3. The number of carboxylic acids is 1. The molecule has 1 saturated carbocycles. The van der Waals surface area contributed by atoms with Crippen LogP contribution in [0.2, 0.25) is 0 Å². The molecule has 3 aliphatic rings. The van der Waals surface area contributed by atoms with Gasteiger partial charge in [0.25, 0.3) is 0 Å². The average Bonchev–Trinajstić information content (AvgIpc) is 3.37. The summed E-state index contributed by atoms with van der Waals surface area (Å²) in [7, 11) is 1.62. The van der Waals surface area contributed by atoms with Gasteiger partial charge in [-0.05, 0) is 35.8 Å². The van der Waals surface area contributed by atoms with Crippen molar-refractivity contribution in [2.24, 2.45) is 17.8 Å². The molecule has 2 heterocycles. The smallest absolute Gasteiger partial charge is 0.325 e. The third-order valence-electron chi connectivity index (χ3n) is 8.79. The Kier molecular flexibility index (Phi) is 6.08. The van der Waals surface area contributed by atoms with Crippen LogP contribution in [0.25, 0.3) is 10.8 Å². The van der Waals surface area contributed by atoms with Crippen molar-refractivity contribution in [3.63, 3.8) is 0 Å². The van der Waals surface area contributed by atoms with Crippen LogP contribution in [0.4, 0.5) is 0 Å². The normalized spacial score (nSPS) is 30.0. The lowest BCUT2D eigenvalue weighted by Gasteiger charge is -2.37. The van der Waals surface area contributed by atoms with E-state index in [1.807, 2.05) is 50.2 Å². The van der Waals surface area contributed by atoms with Crippen LogP contribution in [0.15, 0.2) is 36.4 Å². The van der Waals surface area contributed by atoms with Gasteiger partial charge in [-0.25, -0.2) is 0 Å². The predicted molar refractivity (Wildman–Crippen MR) is 132 cm³/mol. The molecule has 186 valence electrons. The first-order valence-corrected chi connectivity index (χ1v) is 12.8. The molecule has 5 unspecified atom stereocenters. The number of imide groups is 1. The van der Waals surface area contributed by atoms with Gasteiger partial charge in [-0.3, -0.25) is 24.6 Å². The summed E-state index contributed by atoms with van der Waals surface area (Å²) in [4.78, 5) is 42.4. The predicted octanol–water partition coefficient (Wildman–Crippen LogP) is 4.30. The van der Waals surface area contributed by atoms with E-state index in [-0.39, 0.29) is 23.8 Å². The van der Waals surface area contributed by atoms with E-state index in [1.54, 1.807) is 7.11 Å². The third kappa shape index (κ3) is 3.39. The summed E-state index contributed by atoms with van der Waals surface area (Å²) in [5, 5.41) is 15.8. The van der Waals surface area contributed by atoms with Gasteiger partial charge in [0.15, 0.2) is 0 Å². The van der Waals surface area contributed by atoms with Crippen LogP contribution >= 0.6 is 0 Å². The SMILES string of the molecule is CCC(C)C1(C(=O)O)NC(c2ccc(OC)c3ccccc23)C2C(=O)N(C3CCCCC3)C(=O)C21. The molecular formula is C28H34N2O5. The molecule has 0 spiro atoms. The molecule has 7 nitrogen and oxygen atoms in total. The van der Waals surface area contributed by atoms with E-state index < -0.39 is 29.4 Å². The van der Waals surface area contributed by atoms with Crippen LogP contribution in [0.1, 0.15) is 64.0 Å². The number of carboxylic acid groups (broad SMARTS) is 1. The van der Waals surface area contributed by atoms with Gasteiger partial charge >= 0.3 is 5.97 Å². The summed E-state index contributed by atoms with van der Waals surface area (Å²) in [5.74, 6) is -2.93. The maximum atomic E-state index is 14.0. The van der Waals surface area contributed by atoms with E-state index in [2.05, 4.69) is 5.32 Å². The summed E-state index contributed by atoms with van der Waals surface area (Å²) in [6.45, 7) is 3.80. The Morgan fingerprint density at radius 1 is 1.11 bits per heavy atom. The molecule has 0 bridgehead atoms. The topological polar surface area (TPSA) is 95.9 Å². The standard InChI is InChI=1S/C28H34N2O5/c1-4-16(2)28(27(33)34)23-22(25(31)30(26(23)32)17-10-6-5-7-11-17)24(29-28)20-14-15-21(35-3)19-13-9-8-12-18(19)20/h8-9,12-17,22-24,29H,4-7,10-11H2,1-3H3,(H,33,34). The molecule has 2 amide bonds. The van der Waals surface area contributed by atoms with Crippen molar-refractivity contribution in [3.05, 3.63) is 42.0 Å². The zero-order valence-corrected chi connectivity index (χ0v) is 20.6. The zero-order chi connectivity index (χ0) is 24.9. The number of nitrogens with zero attached hydrogens (tertiary/aromatic N) is 1. The van der Waals surface area contributed by atoms with Crippen LogP contribution in [0.5, 0.6) is 5.75 Å². The summed E-state index contributed by atoms with van der Waals surface area (Å²) in [6.07, 6.45) is 5.24. The molecule has 5 rings (SSSR count). The highest BCUT2D eigenvalue weighted by atomic mass is 16.5. The number of benzene rings is 2. The van der Waals surface area contributed by atoms with Crippen molar-refractivity contribution < 1.29 is 24.2 Å². The molecule has 0 radical (unpaired) electrons. The molecule has 0 aromatic heterocycles. The Labute approximate surface area is 205 Å². The maximum absolute atomic E-state index is 14.0. The molecule has 1 aliphatic carbocycles. The van der Waals surface area contributed by atoms with Crippen molar-refractivity contribution in [2.75, 3.05) is 7.11 Å². The van der Waals surface area contributed by atoms with Crippen LogP contribution in [0.3, 0.4) is 0 Å². The molecular weight excluding hydrogens is 444 g/mol. The number of hydrogen-bond acceptors (Lipinski definition) is 5. The lowest BCUT2D eigenvalue weighted by atomic mass is 9.71. The van der Waals surface area contributed by atoms with Crippen molar-refractivity contribution in [1.82, 2.24) is 10.2 Å². The highest BCUT2D eigenvalue weighted by molar-refractivity contribution is 6.10. The summed E-state index contributed by atoms with van der Waals surface area (Å²) in [6, 6.07) is 10.8. The quantitative estimate of drug-likeness (QED) is 0.601. The lowest BCUT2D eigenvalue weighted by molar-refractivity contribution is -0.155. The van der Waals surface area contributed by atoms with Crippen molar-refractivity contribution >= 4 is 28.6 Å². The summed E-state index contributed by atoms with van der Waals surface area (Å²) >= 11 is 0. The first kappa shape index (κ1) is 23.8. The number of carbonyl (C=O) groups excluding carboxylic acids is 2. The fourth-order valence-corrected chi connectivity index (χ4v) is 6.86. The number of nitrogens with one attached hydrogen (secondary N) is 1. The monoisotopic (exact) mass is 478 g/mol. The molecule has 5 atom stereocenters. The largest absolute Gasteiger partial charge is 0.496 e. The number of aliphatic carboxylic acids is 1. The van der Waals surface area contributed by atoms with E-state index in [4.69, 9.17) is 4.74 Å². The lowest BCUT2D eigenvalue weighted by Crippen LogP contribution is -2.60. The third-order valence-corrected chi connectivity index (χ3v) is 8.79. The van der Waals surface area contributed by atoms with Gasteiger partial charge in [0.2, 0.25) is 11.8 Å². The molecule has 2 aromatic rings. The highest BCUT2D eigenvalue weighted by Crippen LogP contribution is 2.54. The van der Waals surface area contributed by atoms with Gasteiger partial charge in [0.1, 0.15) is 11.3 Å². The van der Waals surface area contributed by atoms with Gasteiger partial charge in [0.05, 0.1) is 18.9 Å². The van der Waals surface area contributed by atoms with Gasteiger partial charge in [-0.15, -0.1) is 0 Å². The van der Waals surface area contributed by atoms with E-state index in [0.717, 1.165) is 48.4 Å². The van der Waals surface area contributed by atoms with Gasteiger partial charge in [0, 0.05) is 17.5 Å². The summed E-state index contributed by atoms with van der Waals surface area (Å²) in [5.41, 5.74) is -0.684. The number of methoxy groups -OCH3 is 1. The van der Waals surface area contributed by atoms with E-state index in [9.17, 15) is 19.5 Å². The second kappa shape index (κ2) is 8.94. The Morgan fingerprint density at radius 3 is 2.43 bits per heavy atom. The summed E-state index contributed by atoms with van der Waals surface area (Å²) < 4.78 is 5.56. The molecule has 35 heavy (non-hydrogen) atoms. The van der Waals surface area contributed by atoms with Gasteiger partial charge < -0.3 is 9.84 Å². The molecule has 3 fully saturated rings. The first-order chi connectivity index (χ1) is 16.9. The average molecular weight is 479 g/mol. The molecule has 2 aromatic carbocycles. The van der Waals surface area contributed by atoms with Gasteiger partial charge in [-0.2, -0.15) is 0 Å². The number of carbonyl (C=O) groups is 3. The fourth-order valence-electron chi connectivity index (χ4n) is 6.86. The van der Waals surface area contributed by atoms with Crippen molar-refractivity contribution in [3.8, 4) is 5.75 Å². The number of ether oxygens (including phenoxy) is 1. The van der Waals surface area contributed by atoms with Crippen LogP contribution in [-0.4, -0.2) is 46.5 Å². The number of likely N-dealkylation sites (tertiary alicyclic amines) is 1. The maximum Gasteiger partial charge on any atom is 0.325 e. The molecule has 2 aliphatic heterocycles. The Hall–Kier alpha value is -2.93. The van der Waals surface area contributed by atoms with Crippen molar-refractivity contribution in [2.45, 2.75) is 70.0 Å². The minimum Gasteiger partial charge on any atom is -0.496 e. The molecule has 7 heteroatoms. The van der Waals surface area contributed by atoms with Crippen LogP contribution in [-0.2, 0) is 14.4 Å². The Bertz CT molecular complexity index is 1170. The minimum absolute atomic E-state index is 0.133. The van der Waals surface area contributed by atoms with Crippen LogP contribution in [0, 0.1) is 17.8 Å². The van der Waals surface area contributed by atoms with Crippen molar-refractivity contribution in [1.29, 1.82) is 0 Å². The highest BCUT2D eigenvalue weighted by Gasteiger charge is 2.70. The number of amides is 2. The van der Waals surface area contributed by atoms with Gasteiger partial charge in [-0.1, -0.05) is 69.9 Å². The molecule has 2 N–H and O–H groups in total. The zero-order valence-electron chi connectivity index (χ0n) is 20.6. The minimum atomic E-state index is -1.51. The van der Waals surface area contributed by atoms with Crippen LogP contribution < -0.4 is 10.1 Å². The number of hydrogen-bond donors (Lipinski definition) is 2. The Morgan fingerprint density at radius 2 is 1.80 bits per heavy atom. The van der Waals surface area contributed by atoms with E-state index >= 15 is 0 Å². The number of fused-ring (bicyclic) bond motifs is 2. The fraction of sp³-hybridized carbons (Fsp3) is 0.536.